The van der Waals surface area contributed by atoms with E-state index in [9.17, 15) is 88.2 Å². The van der Waals surface area contributed by atoms with Crippen molar-refractivity contribution in [3.8, 4) is 23.0 Å². The number of nitrogens with zero attached hydrogens (tertiary/aromatic N) is 1. The lowest BCUT2D eigenvalue weighted by molar-refractivity contribution is -0.0502. The Hall–Kier alpha value is -5.32. The van der Waals surface area contributed by atoms with Crippen LogP contribution in [0.15, 0.2) is 54.6 Å². The molecule has 350 valence electrons. The summed E-state index contributed by atoms with van der Waals surface area (Å²) in [6.07, 6.45) is 0. The number of carbonyl (C=O) groups excluding carboxylic acids is 2. The Bertz CT molecular complexity index is 2370. The lowest BCUT2D eigenvalue weighted by Gasteiger charge is -2.25. The molecule has 0 fully saturated rings. The van der Waals surface area contributed by atoms with Gasteiger partial charge in [-0.25, -0.2) is 18.4 Å². The monoisotopic (exact) mass is 973 g/mol. The first-order valence-electron chi connectivity index (χ1n) is 16.1. The number of methoxy groups -OCH3 is 2. The zero-order valence-corrected chi connectivity index (χ0v) is 35.2. The summed E-state index contributed by atoms with van der Waals surface area (Å²) < 4.78 is 228. The number of esters is 2. The van der Waals surface area contributed by atoms with Gasteiger partial charge in [-0.15, -0.1) is 3.71 Å². The second-order valence-corrected chi connectivity index (χ2v) is 18.7. The summed E-state index contributed by atoms with van der Waals surface area (Å²) >= 11 is 0. The highest BCUT2D eigenvalue weighted by Crippen LogP contribution is 2.40. The second kappa shape index (κ2) is 19.4. The molecule has 0 aliphatic carbocycles. The van der Waals surface area contributed by atoms with Crippen molar-refractivity contribution in [1.29, 1.82) is 0 Å². The van der Waals surface area contributed by atoms with Gasteiger partial charge in [-0.3, -0.25) is 0 Å². The lowest BCUT2D eigenvalue weighted by Crippen LogP contribution is -2.49. The highest BCUT2D eigenvalue weighted by molar-refractivity contribution is 8.11. The van der Waals surface area contributed by atoms with Gasteiger partial charge in [0.2, 0.25) is 0 Å². The number of phenolic OH excluding ortho intramolecular Hbond substituents is 1. The first kappa shape index (κ1) is 54.7. The molecule has 0 amide bonds. The SMILES string of the molecule is COc1c(O)ccc(F)c1C(=O)OC(C)(C)C.COc1c(OS(=O)(=O)C(F)(F)F)ccc(F)c1C(=O)OC(C)(C)C.O=S(=O)(N(c1ccccc1)S(=O)(=O)C(F)(F)F)C(F)(F)F. The Balaban J connectivity index is 0.000000472. The molecule has 0 heterocycles. The van der Waals surface area contributed by atoms with E-state index < -0.39 is 113 Å². The van der Waals surface area contributed by atoms with E-state index in [1.165, 1.54) is 27.9 Å². The van der Waals surface area contributed by atoms with Crippen LogP contribution in [-0.4, -0.2) is 84.2 Å². The van der Waals surface area contributed by atoms with Crippen LogP contribution in [0.25, 0.3) is 0 Å². The van der Waals surface area contributed by atoms with Crippen LogP contribution in [0, 0.1) is 11.6 Å². The van der Waals surface area contributed by atoms with Gasteiger partial charge in [0, 0.05) is 0 Å². The molecule has 15 nitrogen and oxygen atoms in total. The molecule has 0 spiro atoms. The van der Waals surface area contributed by atoms with E-state index >= 15 is 0 Å². The Morgan fingerprint density at radius 2 is 0.935 bits per heavy atom. The van der Waals surface area contributed by atoms with Crippen LogP contribution in [0.3, 0.4) is 0 Å². The van der Waals surface area contributed by atoms with Crippen molar-refractivity contribution in [3.63, 3.8) is 0 Å². The third kappa shape index (κ3) is 13.8. The van der Waals surface area contributed by atoms with Crippen LogP contribution in [-0.2, 0) is 39.6 Å². The van der Waals surface area contributed by atoms with Crippen molar-refractivity contribution < 1.29 is 111 Å². The fraction of sp³-hybridized carbons (Fsp3) is 0.394. The molecule has 0 unspecified atom stereocenters. The summed E-state index contributed by atoms with van der Waals surface area (Å²) in [7, 11) is -17.5. The van der Waals surface area contributed by atoms with Gasteiger partial charge in [0.25, 0.3) is 0 Å². The largest absolute Gasteiger partial charge is 0.534 e. The molecule has 0 aromatic heterocycles. The van der Waals surface area contributed by atoms with E-state index in [0.29, 0.717) is 24.3 Å². The number of phenols is 1. The fourth-order valence-electron chi connectivity index (χ4n) is 3.91. The lowest BCUT2D eigenvalue weighted by atomic mass is 10.1. The Morgan fingerprint density at radius 3 is 1.27 bits per heavy atom. The molecule has 0 saturated heterocycles. The van der Waals surface area contributed by atoms with Crippen molar-refractivity contribution in [2.45, 2.75) is 69.3 Å². The van der Waals surface area contributed by atoms with E-state index in [1.54, 1.807) is 20.8 Å². The molecule has 0 radical (unpaired) electrons. The molecule has 0 atom stereocenters. The van der Waals surface area contributed by atoms with Gasteiger partial charge in [-0.1, -0.05) is 18.2 Å². The minimum Gasteiger partial charge on any atom is -0.504 e. The highest BCUT2D eigenvalue weighted by atomic mass is 32.3. The fourth-order valence-corrected chi connectivity index (χ4v) is 7.09. The smallest absolute Gasteiger partial charge is 0.504 e. The number of alkyl halides is 9. The minimum absolute atomic E-state index is 0.223. The average molecular weight is 974 g/mol. The molecule has 0 aliphatic heterocycles. The third-order valence-corrected chi connectivity index (χ3v) is 10.9. The maximum absolute atomic E-state index is 13.9. The summed E-state index contributed by atoms with van der Waals surface area (Å²) in [5.74, 6) is -6.48. The quantitative estimate of drug-likeness (QED) is 0.0944. The Morgan fingerprint density at radius 1 is 0.565 bits per heavy atom. The van der Waals surface area contributed by atoms with Crippen LogP contribution in [0.4, 0.5) is 54.0 Å². The van der Waals surface area contributed by atoms with Crippen molar-refractivity contribution in [3.05, 3.63) is 77.4 Å². The summed E-state index contributed by atoms with van der Waals surface area (Å²) in [6, 6.07) is 7.09. The van der Waals surface area contributed by atoms with Crippen molar-refractivity contribution in [2.24, 2.45) is 0 Å². The van der Waals surface area contributed by atoms with Gasteiger partial charge in [0.1, 0.15) is 34.0 Å². The van der Waals surface area contributed by atoms with Crippen LogP contribution in [0.2, 0.25) is 0 Å². The second-order valence-electron chi connectivity index (χ2n) is 13.3. The molecule has 3 aromatic carbocycles. The Kier molecular flexibility index (Phi) is 17.1. The number of sulfonamides is 2. The number of rotatable bonds is 9. The van der Waals surface area contributed by atoms with Crippen LogP contribution >= 0.6 is 0 Å². The van der Waals surface area contributed by atoms with Gasteiger partial charge in [-0.05, 0) is 77.9 Å². The number of anilines is 1. The van der Waals surface area contributed by atoms with Gasteiger partial charge >= 0.3 is 58.6 Å². The van der Waals surface area contributed by atoms with Gasteiger partial charge in [-0.2, -0.15) is 64.8 Å². The normalized spacial score (nSPS) is 12.7. The topological polar surface area (TPSA) is 206 Å². The molecule has 0 bridgehead atoms. The Labute approximate surface area is 346 Å². The number of aromatic hydroxyl groups is 1. The van der Waals surface area contributed by atoms with E-state index in [2.05, 4.69) is 8.92 Å². The predicted molar refractivity (Wildman–Crippen MR) is 192 cm³/mol. The van der Waals surface area contributed by atoms with E-state index in [4.69, 9.17) is 14.2 Å². The number of carbonyl (C=O) groups is 2. The predicted octanol–water partition coefficient (Wildman–Crippen LogP) is 7.71. The maximum atomic E-state index is 13.9. The van der Waals surface area contributed by atoms with Crippen LogP contribution < -0.4 is 17.4 Å². The molecular weight excluding hydrogens is 940 g/mol. The molecule has 0 saturated carbocycles. The number of halogens is 11. The number of hydrogen-bond acceptors (Lipinski definition) is 14. The molecule has 0 aliphatic rings. The van der Waals surface area contributed by atoms with Crippen molar-refractivity contribution in [1.82, 2.24) is 0 Å². The van der Waals surface area contributed by atoms with Gasteiger partial charge < -0.3 is 28.2 Å². The summed E-state index contributed by atoms with van der Waals surface area (Å²) in [4.78, 5) is 23.8. The molecular formula is C33H34F11NO14S3. The van der Waals surface area contributed by atoms with Crippen molar-refractivity contribution >= 4 is 47.8 Å². The molecule has 62 heavy (non-hydrogen) atoms. The average Bonchev–Trinajstić information content (AvgIpc) is 3.07. The number of para-hydroxylation sites is 1. The number of hydrogen-bond donors (Lipinski definition) is 1. The summed E-state index contributed by atoms with van der Waals surface area (Å²) in [5.41, 5.74) is -22.6. The summed E-state index contributed by atoms with van der Waals surface area (Å²) in [5, 5.41) is 9.46. The van der Waals surface area contributed by atoms with Gasteiger partial charge in [0.15, 0.2) is 23.0 Å². The van der Waals surface area contributed by atoms with Crippen LogP contribution in [0.1, 0.15) is 62.3 Å². The molecule has 3 aromatic rings. The van der Waals surface area contributed by atoms with Gasteiger partial charge in [0.05, 0.1) is 19.9 Å². The highest BCUT2D eigenvalue weighted by Gasteiger charge is 2.61. The van der Waals surface area contributed by atoms with E-state index in [1.807, 2.05) is 0 Å². The first-order valence-corrected chi connectivity index (χ1v) is 20.3. The van der Waals surface area contributed by atoms with Crippen molar-refractivity contribution in [2.75, 3.05) is 17.9 Å². The first-order chi connectivity index (χ1) is 27.7. The van der Waals surface area contributed by atoms with Crippen LogP contribution in [0.5, 0.6) is 23.0 Å². The number of ether oxygens (including phenoxy) is 4. The molecule has 29 heteroatoms. The molecule has 3 rings (SSSR count). The van der Waals surface area contributed by atoms with E-state index in [-0.39, 0.29) is 11.5 Å². The zero-order valence-electron chi connectivity index (χ0n) is 32.8. The standard InChI is InChI=1S/C13H14F4O6S.C12H15FO4.C8H5F6NO4S2/c1-12(2,3)22-11(18)9-7(14)5-6-8(10(9)21-4)23-24(19,20)13(15,16)17;1-12(2,3)17-11(15)9-7(13)5-6-8(14)10(9)16-4;9-7(10,11)20(16,17)15(6-4-2-1-3-5-6)21(18,19)8(12,13)14/h5-6H,1-4H3;5-6,14H,1-4H3;1-5H. The minimum atomic E-state index is -6.81. The number of benzene rings is 3. The zero-order chi connectivity index (χ0) is 48.8. The maximum Gasteiger partial charge on any atom is 0.534 e. The molecule has 1 N–H and O–H groups in total. The third-order valence-electron chi connectivity index (χ3n) is 6.24. The van der Waals surface area contributed by atoms with E-state index in [0.717, 1.165) is 37.4 Å². The summed E-state index contributed by atoms with van der Waals surface area (Å²) in [6.45, 7) is 9.42.